The number of rotatable bonds is 7. The van der Waals surface area contributed by atoms with Crippen molar-refractivity contribution in [3.05, 3.63) is 0 Å². The van der Waals surface area contributed by atoms with Gasteiger partial charge in [0.1, 0.15) is 0 Å². The fraction of sp³-hybridized carbons (Fsp3) is 1.00. The van der Waals surface area contributed by atoms with Crippen LogP contribution in [0.5, 0.6) is 0 Å². The molecule has 0 aromatic rings. The highest BCUT2D eigenvalue weighted by atomic mass is 15.1. The zero-order chi connectivity index (χ0) is 10.6. The Morgan fingerprint density at radius 1 is 1.21 bits per heavy atom. The van der Waals surface area contributed by atoms with Gasteiger partial charge < -0.3 is 10.2 Å². The summed E-state index contributed by atoms with van der Waals surface area (Å²) in [5.74, 6) is 1.04. The van der Waals surface area contributed by atoms with Crippen molar-refractivity contribution in [3.63, 3.8) is 0 Å². The topological polar surface area (TPSA) is 15.3 Å². The Morgan fingerprint density at radius 2 is 1.86 bits per heavy atom. The highest BCUT2D eigenvalue weighted by Crippen LogP contribution is 2.33. The number of nitrogens with one attached hydrogen (secondary N) is 1. The minimum atomic E-state index is 0.658. The average molecular weight is 198 g/mol. The fourth-order valence-corrected chi connectivity index (χ4v) is 1.94. The van der Waals surface area contributed by atoms with Crippen molar-refractivity contribution in [1.82, 2.24) is 10.2 Å². The van der Waals surface area contributed by atoms with E-state index in [1.807, 2.05) is 0 Å². The molecular weight excluding hydrogens is 172 g/mol. The van der Waals surface area contributed by atoms with E-state index in [4.69, 9.17) is 0 Å². The summed E-state index contributed by atoms with van der Waals surface area (Å²) in [5.41, 5.74) is 0. The lowest BCUT2D eigenvalue weighted by atomic mass is 10.1. The molecule has 2 unspecified atom stereocenters. The number of hydrogen-bond donors (Lipinski definition) is 1. The monoisotopic (exact) mass is 198 g/mol. The summed E-state index contributed by atoms with van der Waals surface area (Å²) >= 11 is 0. The molecule has 84 valence electrons. The molecule has 1 saturated carbocycles. The first-order chi connectivity index (χ1) is 6.58. The number of hydrogen-bond acceptors (Lipinski definition) is 2. The molecule has 14 heavy (non-hydrogen) atoms. The van der Waals surface area contributed by atoms with Gasteiger partial charge in [0.2, 0.25) is 0 Å². The van der Waals surface area contributed by atoms with Crippen molar-refractivity contribution >= 4 is 0 Å². The molecule has 1 rings (SSSR count). The Labute approximate surface area is 89.1 Å². The molecule has 0 amide bonds. The molecule has 2 atom stereocenters. The van der Waals surface area contributed by atoms with Crippen LogP contribution < -0.4 is 5.32 Å². The van der Waals surface area contributed by atoms with Crippen LogP contribution in [-0.2, 0) is 0 Å². The molecule has 0 bridgehead atoms. The van der Waals surface area contributed by atoms with Gasteiger partial charge in [-0.3, -0.25) is 0 Å². The van der Waals surface area contributed by atoms with Gasteiger partial charge in [0.25, 0.3) is 0 Å². The number of nitrogens with zero attached hydrogens (tertiary/aromatic N) is 1. The van der Waals surface area contributed by atoms with E-state index in [-0.39, 0.29) is 0 Å². The van der Waals surface area contributed by atoms with E-state index in [1.54, 1.807) is 0 Å². The van der Waals surface area contributed by atoms with Crippen LogP contribution in [0, 0.1) is 5.92 Å². The van der Waals surface area contributed by atoms with E-state index >= 15 is 0 Å². The van der Waals surface area contributed by atoms with E-state index in [0.717, 1.165) is 5.92 Å². The molecule has 2 nitrogen and oxygen atoms in total. The minimum Gasteiger partial charge on any atom is -0.312 e. The largest absolute Gasteiger partial charge is 0.312 e. The Morgan fingerprint density at radius 3 is 2.36 bits per heavy atom. The van der Waals surface area contributed by atoms with Crippen LogP contribution in [0.2, 0.25) is 0 Å². The van der Waals surface area contributed by atoms with Gasteiger partial charge in [0, 0.05) is 12.1 Å². The Balaban J connectivity index is 2.02. The lowest BCUT2D eigenvalue weighted by Gasteiger charge is -2.21. The molecule has 1 aliphatic carbocycles. The molecule has 0 saturated heterocycles. The first-order valence-corrected chi connectivity index (χ1v) is 5.98. The summed E-state index contributed by atoms with van der Waals surface area (Å²) in [4.78, 5) is 2.25. The summed E-state index contributed by atoms with van der Waals surface area (Å²) in [6.45, 7) is 5.81. The summed E-state index contributed by atoms with van der Waals surface area (Å²) in [6, 6.07) is 1.37. The van der Waals surface area contributed by atoms with Gasteiger partial charge in [-0.05, 0) is 53.2 Å². The maximum absolute atomic E-state index is 3.68. The molecule has 1 aliphatic rings. The van der Waals surface area contributed by atoms with Gasteiger partial charge in [-0.2, -0.15) is 0 Å². The van der Waals surface area contributed by atoms with E-state index in [9.17, 15) is 0 Å². The van der Waals surface area contributed by atoms with Crippen LogP contribution in [0.15, 0.2) is 0 Å². The first kappa shape index (κ1) is 12.0. The van der Waals surface area contributed by atoms with Gasteiger partial charge in [-0.15, -0.1) is 0 Å². The predicted octanol–water partition coefficient (Wildman–Crippen LogP) is 2.10. The van der Waals surface area contributed by atoms with E-state index < -0.39 is 0 Å². The minimum absolute atomic E-state index is 0.658. The second-order valence-electron chi connectivity index (χ2n) is 5.24. The maximum Gasteiger partial charge on any atom is 0.00533 e. The molecule has 2 heteroatoms. The lowest BCUT2D eigenvalue weighted by molar-refractivity contribution is 0.345. The third-order valence-electron chi connectivity index (χ3n) is 2.96. The zero-order valence-corrected chi connectivity index (χ0v) is 10.2. The highest BCUT2D eigenvalue weighted by molar-refractivity contribution is 4.79. The fourth-order valence-electron chi connectivity index (χ4n) is 1.94. The SMILES string of the molecule is CC(CCN(C)C)NC(C)CC1CC1. The van der Waals surface area contributed by atoms with Crippen LogP contribution >= 0.6 is 0 Å². The third kappa shape index (κ3) is 5.61. The van der Waals surface area contributed by atoms with E-state index in [2.05, 4.69) is 38.2 Å². The van der Waals surface area contributed by atoms with Gasteiger partial charge in [0.05, 0.1) is 0 Å². The van der Waals surface area contributed by atoms with E-state index in [0.29, 0.717) is 12.1 Å². The molecule has 0 aromatic heterocycles. The standard InChI is InChI=1S/C12H26N2/c1-10(7-8-14(3)4)13-11(2)9-12-5-6-12/h10-13H,5-9H2,1-4H3. The van der Waals surface area contributed by atoms with Crippen molar-refractivity contribution in [2.45, 2.75) is 51.6 Å². The second-order valence-corrected chi connectivity index (χ2v) is 5.24. The normalized spacial score (nSPS) is 21.2. The lowest BCUT2D eigenvalue weighted by Crippen LogP contribution is -2.36. The van der Waals surface area contributed by atoms with Gasteiger partial charge in [-0.25, -0.2) is 0 Å². The van der Waals surface area contributed by atoms with Gasteiger partial charge >= 0.3 is 0 Å². The van der Waals surface area contributed by atoms with Gasteiger partial charge in [-0.1, -0.05) is 12.8 Å². The summed E-state index contributed by atoms with van der Waals surface area (Å²) in [7, 11) is 4.28. The first-order valence-electron chi connectivity index (χ1n) is 5.98. The highest BCUT2D eigenvalue weighted by Gasteiger charge is 2.23. The molecule has 1 fully saturated rings. The Kier molecular flexibility index (Phi) is 4.90. The van der Waals surface area contributed by atoms with Gasteiger partial charge in [0.15, 0.2) is 0 Å². The van der Waals surface area contributed by atoms with Crippen LogP contribution in [-0.4, -0.2) is 37.6 Å². The van der Waals surface area contributed by atoms with Crippen LogP contribution in [0.3, 0.4) is 0 Å². The average Bonchev–Trinajstić information content (AvgIpc) is 2.84. The summed E-state index contributed by atoms with van der Waals surface area (Å²) in [5, 5.41) is 3.68. The maximum atomic E-state index is 3.68. The smallest absolute Gasteiger partial charge is 0.00533 e. The van der Waals surface area contributed by atoms with Crippen LogP contribution in [0.4, 0.5) is 0 Å². The second kappa shape index (κ2) is 5.72. The van der Waals surface area contributed by atoms with Crippen LogP contribution in [0.1, 0.15) is 39.5 Å². The summed E-state index contributed by atoms with van der Waals surface area (Å²) in [6.07, 6.45) is 5.57. The molecule has 0 aromatic carbocycles. The van der Waals surface area contributed by atoms with Crippen molar-refractivity contribution < 1.29 is 0 Å². The molecule has 0 spiro atoms. The molecular formula is C12H26N2. The predicted molar refractivity (Wildman–Crippen MR) is 62.6 cm³/mol. The molecule has 0 aliphatic heterocycles. The molecule has 1 N–H and O–H groups in total. The Bertz CT molecular complexity index is 152. The van der Waals surface area contributed by atoms with Crippen molar-refractivity contribution in [3.8, 4) is 0 Å². The van der Waals surface area contributed by atoms with Crippen molar-refractivity contribution in [2.24, 2.45) is 5.92 Å². The summed E-state index contributed by atoms with van der Waals surface area (Å²) < 4.78 is 0. The third-order valence-corrected chi connectivity index (χ3v) is 2.96. The quantitative estimate of drug-likeness (QED) is 0.674. The Hall–Kier alpha value is -0.0800. The van der Waals surface area contributed by atoms with Crippen molar-refractivity contribution in [1.29, 1.82) is 0 Å². The van der Waals surface area contributed by atoms with Crippen molar-refractivity contribution in [2.75, 3.05) is 20.6 Å². The molecule has 0 radical (unpaired) electrons. The van der Waals surface area contributed by atoms with Crippen LogP contribution in [0.25, 0.3) is 0 Å². The van der Waals surface area contributed by atoms with E-state index in [1.165, 1.54) is 32.2 Å². The molecule has 0 heterocycles. The zero-order valence-electron chi connectivity index (χ0n) is 10.2.